The van der Waals surface area contributed by atoms with E-state index in [1.54, 1.807) is 0 Å². The van der Waals surface area contributed by atoms with E-state index in [9.17, 15) is 9.90 Å². The number of nitrogens with zero attached hydrogens (tertiary/aromatic N) is 4. The number of hydrogen-bond acceptors (Lipinski definition) is 6. The second-order valence-corrected chi connectivity index (χ2v) is 9.27. The van der Waals surface area contributed by atoms with Crippen LogP contribution in [0.5, 0.6) is 0 Å². The van der Waals surface area contributed by atoms with E-state index in [1.807, 2.05) is 15.6 Å². The third-order valence-electron chi connectivity index (χ3n) is 6.98. The second kappa shape index (κ2) is 10.0. The zero-order valence-corrected chi connectivity index (χ0v) is 19.8. The Kier molecular flexibility index (Phi) is 6.69. The van der Waals surface area contributed by atoms with E-state index in [4.69, 9.17) is 0 Å². The van der Waals surface area contributed by atoms with Gasteiger partial charge in [0.15, 0.2) is 0 Å². The summed E-state index contributed by atoms with van der Waals surface area (Å²) >= 11 is 0. The maximum absolute atomic E-state index is 12.6. The number of amides is 1. The second-order valence-electron chi connectivity index (χ2n) is 9.27. The van der Waals surface area contributed by atoms with Crippen molar-refractivity contribution in [2.24, 2.45) is 5.92 Å². The minimum absolute atomic E-state index is 0.0111. The molecule has 2 aliphatic rings. The van der Waals surface area contributed by atoms with Gasteiger partial charge < -0.3 is 25.5 Å². The zero-order chi connectivity index (χ0) is 23.5. The number of aromatic nitrogens is 2. The molecular formula is C26H34N6O2. The Bertz CT molecular complexity index is 1110. The van der Waals surface area contributed by atoms with Crippen molar-refractivity contribution in [2.75, 3.05) is 56.0 Å². The van der Waals surface area contributed by atoms with Gasteiger partial charge >= 0.3 is 0 Å². The van der Waals surface area contributed by atoms with Crippen LogP contribution in [0.1, 0.15) is 19.8 Å². The molecule has 8 nitrogen and oxygen atoms in total. The van der Waals surface area contributed by atoms with Crippen molar-refractivity contribution >= 4 is 22.8 Å². The zero-order valence-electron chi connectivity index (χ0n) is 19.8. The molecule has 2 aromatic heterocycles. The molecule has 1 aliphatic heterocycles. The van der Waals surface area contributed by atoms with Crippen LogP contribution >= 0.6 is 0 Å². The van der Waals surface area contributed by atoms with Crippen molar-refractivity contribution in [3.8, 4) is 11.1 Å². The molecule has 2 fully saturated rings. The Morgan fingerprint density at radius 3 is 2.53 bits per heavy atom. The highest BCUT2D eigenvalue weighted by atomic mass is 16.3. The van der Waals surface area contributed by atoms with Crippen LogP contribution < -0.4 is 15.5 Å². The normalized spacial score (nSPS) is 20.4. The predicted molar refractivity (Wildman–Crippen MR) is 135 cm³/mol. The minimum Gasteiger partial charge on any atom is -0.393 e. The Morgan fingerprint density at radius 1 is 1.06 bits per heavy atom. The summed E-state index contributed by atoms with van der Waals surface area (Å²) < 4.78 is 1.94. The average molecular weight is 463 g/mol. The first-order valence-corrected chi connectivity index (χ1v) is 12.4. The van der Waals surface area contributed by atoms with Gasteiger partial charge in [0.2, 0.25) is 5.91 Å². The molecule has 8 heteroatoms. The first-order valence-electron chi connectivity index (χ1n) is 12.4. The molecule has 3 aromatic rings. The number of carbonyl (C=O) groups is 1. The lowest BCUT2D eigenvalue weighted by Crippen LogP contribution is -2.52. The highest BCUT2D eigenvalue weighted by Crippen LogP contribution is 2.31. The smallest absolute Gasteiger partial charge is 0.226 e. The Balaban J connectivity index is 1.26. The first-order chi connectivity index (χ1) is 16.6. The van der Waals surface area contributed by atoms with Crippen molar-refractivity contribution in [1.82, 2.24) is 19.8 Å². The summed E-state index contributed by atoms with van der Waals surface area (Å²) in [5, 5.41) is 20.8. The van der Waals surface area contributed by atoms with Crippen LogP contribution in [0.4, 0.5) is 11.4 Å². The third kappa shape index (κ3) is 4.74. The van der Waals surface area contributed by atoms with E-state index in [-0.39, 0.29) is 17.9 Å². The lowest BCUT2D eigenvalue weighted by molar-refractivity contribution is -0.142. The molecule has 0 spiro atoms. The number of nitrogens with one attached hydrogen (secondary N) is 2. The molecule has 1 aromatic carbocycles. The highest BCUT2D eigenvalue weighted by molar-refractivity contribution is 5.82. The van der Waals surface area contributed by atoms with E-state index in [0.29, 0.717) is 12.8 Å². The summed E-state index contributed by atoms with van der Waals surface area (Å²) in [6, 6.07) is 12.8. The quantitative estimate of drug-likeness (QED) is 0.446. The van der Waals surface area contributed by atoms with Gasteiger partial charge in [-0.1, -0.05) is 19.1 Å². The van der Waals surface area contributed by atoms with E-state index in [2.05, 4.69) is 70.2 Å². The van der Waals surface area contributed by atoms with Gasteiger partial charge in [-0.05, 0) is 49.2 Å². The molecule has 0 radical (unpaired) electrons. The Labute approximate surface area is 200 Å². The third-order valence-corrected chi connectivity index (χ3v) is 6.98. The summed E-state index contributed by atoms with van der Waals surface area (Å²) in [5.74, 6) is 0.214. The van der Waals surface area contributed by atoms with Gasteiger partial charge in [0.25, 0.3) is 0 Å². The minimum atomic E-state index is -0.292. The summed E-state index contributed by atoms with van der Waals surface area (Å²) in [4.78, 5) is 16.9. The summed E-state index contributed by atoms with van der Waals surface area (Å²) in [5.41, 5.74) is 5.64. The van der Waals surface area contributed by atoms with Crippen LogP contribution in [0.2, 0.25) is 0 Å². The Morgan fingerprint density at radius 2 is 1.82 bits per heavy atom. The SMILES string of the molecule is CCNCCNc1ccc(-c2cc3c(N4CCN(C(=O)[C@H]5C[C@H](O)C5)CC4)ccnn3c2)cc1. The molecule has 5 rings (SSSR count). The maximum Gasteiger partial charge on any atom is 0.226 e. The molecule has 0 bridgehead atoms. The van der Waals surface area contributed by atoms with Crippen LogP contribution in [0.15, 0.2) is 48.8 Å². The molecule has 3 N–H and O–H groups in total. The first kappa shape index (κ1) is 22.7. The summed E-state index contributed by atoms with van der Waals surface area (Å²) in [6.07, 6.45) is 4.86. The molecule has 1 aliphatic carbocycles. The number of piperazine rings is 1. The van der Waals surface area contributed by atoms with Crippen molar-refractivity contribution in [2.45, 2.75) is 25.9 Å². The average Bonchev–Trinajstić information content (AvgIpc) is 3.29. The van der Waals surface area contributed by atoms with Crippen LogP contribution in [0.3, 0.4) is 0 Å². The molecule has 0 unspecified atom stereocenters. The number of benzene rings is 1. The molecule has 0 atom stereocenters. The fraction of sp³-hybridized carbons (Fsp3) is 0.462. The van der Waals surface area contributed by atoms with Crippen molar-refractivity contribution in [3.05, 3.63) is 48.8 Å². The van der Waals surface area contributed by atoms with Crippen LogP contribution in [-0.2, 0) is 4.79 Å². The fourth-order valence-corrected chi connectivity index (χ4v) is 4.89. The van der Waals surface area contributed by atoms with E-state index in [1.165, 1.54) is 0 Å². The number of rotatable bonds is 8. The molecule has 180 valence electrons. The van der Waals surface area contributed by atoms with Crippen molar-refractivity contribution in [3.63, 3.8) is 0 Å². The topological polar surface area (TPSA) is 85.1 Å². The molecule has 34 heavy (non-hydrogen) atoms. The van der Waals surface area contributed by atoms with Gasteiger partial charge in [-0.25, -0.2) is 4.52 Å². The number of aliphatic hydroxyl groups excluding tert-OH is 1. The summed E-state index contributed by atoms with van der Waals surface area (Å²) in [7, 11) is 0. The monoisotopic (exact) mass is 462 g/mol. The van der Waals surface area contributed by atoms with Gasteiger partial charge in [-0.2, -0.15) is 5.10 Å². The molecule has 3 heterocycles. The van der Waals surface area contributed by atoms with E-state index >= 15 is 0 Å². The lowest BCUT2D eigenvalue weighted by atomic mass is 9.81. The number of anilines is 2. The van der Waals surface area contributed by atoms with E-state index in [0.717, 1.165) is 73.8 Å². The predicted octanol–water partition coefficient (Wildman–Crippen LogP) is 2.44. The van der Waals surface area contributed by atoms with Crippen LogP contribution in [0.25, 0.3) is 16.6 Å². The van der Waals surface area contributed by atoms with E-state index < -0.39 is 0 Å². The van der Waals surface area contributed by atoms with Crippen LogP contribution in [-0.4, -0.2) is 77.4 Å². The lowest BCUT2D eigenvalue weighted by Gasteiger charge is -2.40. The maximum atomic E-state index is 12.6. The fourth-order valence-electron chi connectivity index (χ4n) is 4.89. The van der Waals surface area contributed by atoms with Crippen molar-refractivity contribution < 1.29 is 9.90 Å². The number of hydrogen-bond donors (Lipinski definition) is 3. The van der Waals surface area contributed by atoms with Crippen LogP contribution in [0, 0.1) is 5.92 Å². The molecule has 1 amide bonds. The largest absolute Gasteiger partial charge is 0.393 e. The molecular weight excluding hydrogens is 428 g/mol. The molecule has 1 saturated carbocycles. The number of likely N-dealkylation sites (N-methyl/N-ethyl adjacent to an activating group) is 1. The molecule has 1 saturated heterocycles. The standard InChI is InChI=1S/C26H34N6O2/c1-2-27-9-10-28-22-5-3-19(4-6-22)21-17-25-24(7-8-29-32(25)18-21)30-11-13-31(14-12-30)26(34)20-15-23(33)16-20/h3-8,17-18,20,23,27-28,33H,2,9-16H2,1H3/t20-,23-. The van der Waals surface area contributed by atoms with Gasteiger partial charge in [-0.3, -0.25) is 4.79 Å². The number of aliphatic hydroxyl groups is 1. The van der Waals surface area contributed by atoms with Gasteiger partial charge in [0.05, 0.1) is 17.3 Å². The van der Waals surface area contributed by atoms with Gasteiger partial charge in [0, 0.05) is 68.8 Å². The Hall–Kier alpha value is -3.10. The number of carbonyl (C=O) groups excluding carboxylic acids is 1. The van der Waals surface area contributed by atoms with Gasteiger partial charge in [-0.15, -0.1) is 0 Å². The van der Waals surface area contributed by atoms with Gasteiger partial charge in [0.1, 0.15) is 0 Å². The van der Waals surface area contributed by atoms with Crippen molar-refractivity contribution in [1.29, 1.82) is 0 Å². The number of fused-ring (bicyclic) bond motifs is 1. The highest BCUT2D eigenvalue weighted by Gasteiger charge is 2.36. The summed E-state index contributed by atoms with van der Waals surface area (Å²) in [6.45, 7) is 7.98.